The minimum atomic E-state index is -4.79. The maximum atomic E-state index is 12.8. The molecule has 0 aliphatic rings. The number of carboxylic acid groups (broad SMARTS) is 1. The van der Waals surface area contributed by atoms with Crippen LogP contribution in [0.5, 0.6) is 0 Å². The molecule has 0 heterocycles. The van der Waals surface area contributed by atoms with Gasteiger partial charge in [-0.05, 0) is 23.8 Å². The van der Waals surface area contributed by atoms with Crippen molar-refractivity contribution in [1.29, 1.82) is 0 Å². The largest absolute Gasteiger partial charge is 0.478 e. The van der Waals surface area contributed by atoms with Gasteiger partial charge in [0.1, 0.15) is 5.82 Å². The van der Waals surface area contributed by atoms with Crippen LogP contribution in [0.25, 0.3) is 6.08 Å². The summed E-state index contributed by atoms with van der Waals surface area (Å²) in [6.07, 6.45) is -3.17. The molecule has 16 heavy (non-hydrogen) atoms. The fourth-order valence-electron chi connectivity index (χ4n) is 1.03. The van der Waals surface area contributed by atoms with Crippen LogP contribution in [0.4, 0.5) is 17.6 Å². The third-order valence-electron chi connectivity index (χ3n) is 1.71. The predicted octanol–water partition coefficient (Wildman–Crippen LogP) is 2.94. The number of aliphatic carboxylic acids is 1. The SMILES string of the molecule is O=C(O)/C=C\c1ccc(F)c(C(F)(F)F)c1. The molecular formula is C10H6F4O2. The summed E-state index contributed by atoms with van der Waals surface area (Å²) in [5.74, 6) is -2.68. The van der Waals surface area contributed by atoms with Gasteiger partial charge >= 0.3 is 12.1 Å². The lowest BCUT2D eigenvalue weighted by Crippen LogP contribution is -2.08. The number of hydrogen-bond acceptors (Lipinski definition) is 1. The Balaban J connectivity index is 3.13. The van der Waals surface area contributed by atoms with Crippen LogP contribution in [0.1, 0.15) is 11.1 Å². The maximum absolute atomic E-state index is 12.8. The first-order valence-electron chi connectivity index (χ1n) is 4.08. The maximum Gasteiger partial charge on any atom is 0.419 e. The third-order valence-corrected chi connectivity index (χ3v) is 1.71. The smallest absolute Gasteiger partial charge is 0.419 e. The van der Waals surface area contributed by atoms with Crippen molar-refractivity contribution in [2.45, 2.75) is 6.18 Å². The zero-order valence-electron chi connectivity index (χ0n) is 7.75. The Hall–Kier alpha value is -1.85. The number of carbonyl (C=O) groups is 1. The van der Waals surface area contributed by atoms with Gasteiger partial charge in [0, 0.05) is 6.08 Å². The van der Waals surface area contributed by atoms with Crippen LogP contribution in [0.15, 0.2) is 24.3 Å². The quantitative estimate of drug-likeness (QED) is 0.631. The van der Waals surface area contributed by atoms with Gasteiger partial charge in [-0.1, -0.05) is 6.07 Å². The van der Waals surface area contributed by atoms with Crippen molar-refractivity contribution in [3.63, 3.8) is 0 Å². The van der Waals surface area contributed by atoms with Crippen LogP contribution in [0.2, 0.25) is 0 Å². The molecule has 0 fully saturated rings. The molecule has 0 bridgehead atoms. The van der Waals surface area contributed by atoms with Gasteiger partial charge in [0.15, 0.2) is 0 Å². The van der Waals surface area contributed by atoms with Gasteiger partial charge in [0.25, 0.3) is 0 Å². The molecule has 6 heteroatoms. The van der Waals surface area contributed by atoms with E-state index in [1.807, 2.05) is 0 Å². The van der Waals surface area contributed by atoms with Crippen molar-refractivity contribution in [1.82, 2.24) is 0 Å². The zero-order chi connectivity index (χ0) is 12.3. The molecule has 0 saturated carbocycles. The first kappa shape index (κ1) is 12.2. The number of rotatable bonds is 2. The van der Waals surface area contributed by atoms with E-state index < -0.39 is 23.5 Å². The van der Waals surface area contributed by atoms with Crippen LogP contribution in [-0.2, 0) is 11.0 Å². The minimum Gasteiger partial charge on any atom is -0.478 e. The fraction of sp³-hybridized carbons (Fsp3) is 0.100. The molecule has 0 aliphatic heterocycles. The minimum absolute atomic E-state index is 0.0314. The van der Waals surface area contributed by atoms with E-state index in [0.717, 1.165) is 12.1 Å². The van der Waals surface area contributed by atoms with Crippen LogP contribution in [-0.4, -0.2) is 11.1 Å². The van der Waals surface area contributed by atoms with Crippen molar-refractivity contribution < 1.29 is 27.5 Å². The Morgan fingerprint density at radius 2 is 1.94 bits per heavy atom. The number of carboxylic acids is 1. The first-order chi connectivity index (χ1) is 7.30. The van der Waals surface area contributed by atoms with Gasteiger partial charge in [0.05, 0.1) is 5.56 Å². The summed E-state index contributed by atoms with van der Waals surface area (Å²) in [5, 5.41) is 8.28. The highest BCUT2D eigenvalue weighted by Gasteiger charge is 2.33. The van der Waals surface area contributed by atoms with E-state index in [0.29, 0.717) is 18.2 Å². The van der Waals surface area contributed by atoms with E-state index in [2.05, 4.69) is 0 Å². The second-order valence-electron chi connectivity index (χ2n) is 2.91. The van der Waals surface area contributed by atoms with Crippen LogP contribution >= 0.6 is 0 Å². The van der Waals surface area contributed by atoms with E-state index in [1.54, 1.807) is 0 Å². The Morgan fingerprint density at radius 3 is 2.44 bits per heavy atom. The second-order valence-corrected chi connectivity index (χ2v) is 2.91. The standard InChI is InChI=1S/C10H6F4O2/c11-8-3-1-6(2-4-9(15)16)5-7(8)10(12,13)14/h1-5H,(H,15,16)/b4-2-. The molecule has 0 aliphatic carbocycles. The van der Waals surface area contributed by atoms with Crippen molar-refractivity contribution in [3.05, 3.63) is 41.2 Å². The van der Waals surface area contributed by atoms with E-state index >= 15 is 0 Å². The summed E-state index contributed by atoms with van der Waals surface area (Å²) in [6, 6.07) is 2.25. The van der Waals surface area contributed by atoms with E-state index in [9.17, 15) is 22.4 Å². The monoisotopic (exact) mass is 234 g/mol. The summed E-state index contributed by atoms with van der Waals surface area (Å²) in [4.78, 5) is 10.1. The molecule has 0 atom stereocenters. The van der Waals surface area contributed by atoms with Gasteiger partial charge in [-0.3, -0.25) is 0 Å². The second kappa shape index (κ2) is 4.34. The first-order valence-corrected chi connectivity index (χ1v) is 4.08. The highest BCUT2D eigenvalue weighted by atomic mass is 19.4. The molecule has 1 rings (SSSR count). The molecule has 0 radical (unpaired) electrons. The molecule has 0 amide bonds. The predicted molar refractivity (Wildman–Crippen MR) is 48.1 cm³/mol. The van der Waals surface area contributed by atoms with E-state index in [1.165, 1.54) is 0 Å². The number of alkyl halides is 3. The lowest BCUT2D eigenvalue weighted by atomic mass is 10.1. The molecule has 86 valence electrons. The Kier molecular flexibility index (Phi) is 3.31. The van der Waals surface area contributed by atoms with Gasteiger partial charge in [0.2, 0.25) is 0 Å². The molecule has 1 aromatic rings. The molecule has 0 saturated heterocycles. The molecule has 0 aromatic heterocycles. The summed E-state index contributed by atoms with van der Waals surface area (Å²) in [5.41, 5.74) is -1.45. The van der Waals surface area contributed by atoms with Crippen molar-refractivity contribution in [2.75, 3.05) is 0 Å². The average Bonchev–Trinajstić information content (AvgIpc) is 2.14. The highest BCUT2D eigenvalue weighted by molar-refractivity contribution is 5.85. The number of benzene rings is 1. The fourth-order valence-corrected chi connectivity index (χ4v) is 1.03. The van der Waals surface area contributed by atoms with Crippen molar-refractivity contribution in [3.8, 4) is 0 Å². The molecule has 0 unspecified atom stereocenters. The molecule has 1 aromatic carbocycles. The summed E-state index contributed by atoms with van der Waals surface area (Å²) in [7, 11) is 0. The molecule has 2 nitrogen and oxygen atoms in total. The Labute approximate surface area is 87.8 Å². The van der Waals surface area contributed by atoms with Gasteiger partial charge in [-0.25, -0.2) is 9.18 Å². The molecule has 1 N–H and O–H groups in total. The summed E-state index contributed by atoms with van der Waals surface area (Å²) < 4.78 is 49.5. The summed E-state index contributed by atoms with van der Waals surface area (Å²) in [6.45, 7) is 0. The molecular weight excluding hydrogens is 228 g/mol. The summed E-state index contributed by atoms with van der Waals surface area (Å²) >= 11 is 0. The van der Waals surface area contributed by atoms with Gasteiger partial charge < -0.3 is 5.11 Å². The van der Waals surface area contributed by atoms with E-state index in [4.69, 9.17) is 5.11 Å². The lowest BCUT2D eigenvalue weighted by Gasteiger charge is -2.08. The van der Waals surface area contributed by atoms with Gasteiger partial charge in [-0.15, -0.1) is 0 Å². The van der Waals surface area contributed by atoms with Crippen LogP contribution < -0.4 is 0 Å². The lowest BCUT2D eigenvalue weighted by molar-refractivity contribution is -0.140. The third kappa shape index (κ3) is 3.08. The normalized spacial score (nSPS) is 12.0. The van der Waals surface area contributed by atoms with E-state index in [-0.39, 0.29) is 5.56 Å². The number of halogens is 4. The van der Waals surface area contributed by atoms with Crippen LogP contribution in [0.3, 0.4) is 0 Å². The highest BCUT2D eigenvalue weighted by Crippen LogP contribution is 2.32. The van der Waals surface area contributed by atoms with Crippen molar-refractivity contribution >= 4 is 12.0 Å². The van der Waals surface area contributed by atoms with Crippen LogP contribution in [0, 0.1) is 5.82 Å². The van der Waals surface area contributed by atoms with Crippen molar-refractivity contribution in [2.24, 2.45) is 0 Å². The Bertz CT molecular complexity index is 435. The molecule has 0 spiro atoms. The zero-order valence-corrected chi connectivity index (χ0v) is 7.75. The number of hydrogen-bond donors (Lipinski definition) is 1. The average molecular weight is 234 g/mol. The Morgan fingerprint density at radius 1 is 1.31 bits per heavy atom. The topological polar surface area (TPSA) is 37.3 Å². The van der Waals surface area contributed by atoms with Gasteiger partial charge in [-0.2, -0.15) is 13.2 Å².